The van der Waals surface area contributed by atoms with Crippen molar-refractivity contribution >= 4 is 23.0 Å². The van der Waals surface area contributed by atoms with Crippen molar-refractivity contribution in [2.75, 3.05) is 24.6 Å². The Kier molecular flexibility index (Phi) is 4.64. The lowest BCUT2D eigenvalue weighted by atomic mass is 10.1. The van der Waals surface area contributed by atoms with Gasteiger partial charge in [-0.25, -0.2) is 4.98 Å². The Hall–Kier alpha value is -1.20. The van der Waals surface area contributed by atoms with Crippen LogP contribution in [0.25, 0.3) is 0 Å². The number of likely N-dealkylation sites (N-methyl/N-ethyl adjacent to an activating group) is 1. The standard InChI is InChI=1S/C11H17N3OS/c1-3-14(6-7-15)11-9(10(12)16)8(2)4-5-13-11/h4-5,15H,3,6-7H2,1-2H3,(H2,12,16). The minimum atomic E-state index is 0.0836. The summed E-state index contributed by atoms with van der Waals surface area (Å²) in [5.41, 5.74) is 7.51. The molecule has 0 saturated carbocycles. The minimum Gasteiger partial charge on any atom is -0.395 e. The number of aromatic nitrogens is 1. The highest BCUT2D eigenvalue weighted by Gasteiger charge is 2.14. The van der Waals surface area contributed by atoms with E-state index in [1.54, 1.807) is 6.20 Å². The quantitative estimate of drug-likeness (QED) is 0.746. The van der Waals surface area contributed by atoms with Gasteiger partial charge in [-0.1, -0.05) is 12.2 Å². The fraction of sp³-hybridized carbons (Fsp3) is 0.455. The van der Waals surface area contributed by atoms with Gasteiger partial charge in [-0.3, -0.25) is 0 Å². The number of thiocarbonyl (C=S) groups is 1. The summed E-state index contributed by atoms with van der Waals surface area (Å²) in [6, 6.07) is 1.88. The normalized spacial score (nSPS) is 10.2. The molecule has 0 radical (unpaired) electrons. The Balaban J connectivity index is 3.20. The Morgan fingerprint density at radius 3 is 2.81 bits per heavy atom. The van der Waals surface area contributed by atoms with Crippen LogP contribution in [-0.2, 0) is 0 Å². The zero-order chi connectivity index (χ0) is 12.1. The van der Waals surface area contributed by atoms with E-state index in [2.05, 4.69) is 4.98 Å². The summed E-state index contributed by atoms with van der Waals surface area (Å²) >= 11 is 5.04. The zero-order valence-corrected chi connectivity index (χ0v) is 10.4. The number of rotatable bonds is 5. The summed E-state index contributed by atoms with van der Waals surface area (Å²) in [6.07, 6.45) is 1.73. The molecule has 0 aromatic carbocycles. The van der Waals surface area contributed by atoms with Crippen LogP contribution in [0.3, 0.4) is 0 Å². The summed E-state index contributed by atoms with van der Waals surface area (Å²) in [5.74, 6) is 0.754. The minimum absolute atomic E-state index is 0.0836. The molecule has 0 atom stereocenters. The molecule has 0 spiro atoms. The molecular weight excluding hydrogens is 222 g/mol. The van der Waals surface area contributed by atoms with Crippen molar-refractivity contribution in [1.29, 1.82) is 0 Å². The molecule has 0 aliphatic heterocycles. The highest BCUT2D eigenvalue weighted by Crippen LogP contribution is 2.20. The molecule has 0 saturated heterocycles. The van der Waals surface area contributed by atoms with Crippen molar-refractivity contribution in [3.63, 3.8) is 0 Å². The van der Waals surface area contributed by atoms with Gasteiger partial charge < -0.3 is 15.7 Å². The summed E-state index contributed by atoms with van der Waals surface area (Å²) in [4.78, 5) is 6.60. The third-order valence-electron chi connectivity index (χ3n) is 2.44. The monoisotopic (exact) mass is 239 g/mol. The average molecular weight is 239 g/mol. The van der Waals surface area contributed by atoms with E-state index < -0.39 is 0 Å². The van der Waals surface area contributed by atoms with Crippen molar-refractivity contribution in [1.82, 2.24) is 4.98 Å². The first-order valence-corrected chi connectivity index (χ1v) is 5.63. The molecule has 0 aliphatic rings. The number of hydrogen-bond acceptors (Lipinski definition) is 4. The van der Waals surface area contributed by atoms with Crippen LogP contribution in [0.15, 0.2) is 12.3 Å². The number of aliphatic hydroxyl groups excluding tert-OH is 1. The number of pyridine rings is 1. The van der Waals surface area contributed by atoms with E-state index >= 15 is 0 Å². The molecule has 88 valence electrons. The highest BCUT2D eigenvalue weighted by atomic mass is 32.1. The lowest BCUT2D eigenvalue weighted by Gasteiger charge is -2.24. The van der Waals surface area contributed by atoms with E-state index in [1.165, 1.54) is 0 Å². The Bertz CT molecular complexity index is 381. The molecule has 1 aromatic rings. The summed E-state index contributed by atoms with van der Waals surface area (Å²) in [5, 5.41) is 8.99. The molecule has 1 heterocycles. The van der Waals surface area contributed by atoms with Gasteiger partial charge >= 0.3 is 0 Å². The predicted octanol–water partition coefficient (Wildman–Crippen LogP) is 0.843. The molecule has 0 aliphatic carbocycles. The van der Waals surface area contributed by atoms with Crippen LogP contribution in [0, 0.1) is 6.92 Å². The topological polar surface area (TPSA) is 62.4 Å². The van der Waals surface area contributed by atoms with Gasteiger partial charge in [-0.2, -0.15) is 0 Å². The van der Waals surface area contributed by atoms with Crippen molar-refractivity contribution in [2.24, 2.45) is 5.73 Å². The molecule has 0 amide bonds. The van der Waals surface area contributed by atoms with Gasteiger partial charge in [0.25, 0.3) is 0 Å². The van der Waals surface area contributed by atoms with E-state index in [4.69, 9.17) is 23.1 Å². The van der Waals surface area contributed by atoms with E-state index in [9.17, 15) is 0 Å². The van der Waals surface area contributed by atoms with Gasteiger partial charge in [0, 0.05) is 19.3 Å². The molecule has 3 N–H and O–H groups in total. The maximum Gasteiger partial charge on any atom is 0.139 e. The SMILES string of the molecule is CCN(CCO)c1nccc(C)c1C(N)=S. The van der Waals surface area contributed by atoms with E-state index in [-0.39, 0.29) is 6.61 Å². The van der Waals surface area contributed by atoms with Gasteiger partial charge in [-0.15, -0.1) is 0 Å². The largest absolute Gasteiger partial charge is 0.395 e. The van der Waals surface area contributed by atoms with Gasteiger partial charge in [0.15, 0.2) is 0 Å². The lowest BCUT2D eigenvalue weighted by Crippen LogP contribution is -2.30. The van der Waals surface area contributed by atoms with Gasteiger partial charge in [0.2, 0.25) is 0 Å². The molecule has 0 unspecified atom stereocenters. The zero-order valence-electron chi connectivity index (χ0n) is 9.60. The first-order valence-electron chi connectivity index (χ1n) is 5.23. The fourth-order valence-electron chi connectivity index (χ4n) is 1.62. The summed E-state index contributed by atoms with van der Waals surface area (Å²) in [6.45, 7) is 5.32. The third kappa shape index (κ3) is 2.68. The number of aliphatic hydroxyl groups is 1. The van der Waals surface area contributed by atoms with Crippen molar-refractivity contribution in [3.05, 3.63) is 23.4 Å². The smallest absolute Gasteiger partial charge is 0.139 e. The van der Waals surface area contributed by atoms with Gasteiger partial charge in [0.1, 0.15) is 10.8 Å². The van der Waals surface area contributed by atoms with E-state index in [1.807, 2.05) is 24.8 Å². The lowest BCUT2D eigenvalue weighted by molar-refractivity contribution is 0.302. The number of nitrogens with two attached hydrogens (primary N) is 1. The molecule has 16 heavy (non-hydrogen) atoms. The van der Waals surface area contributed by atoms with Crippen LogP contribution in [0.2, 0.25) is 0 Å². The number of hydrogen-bond donors (Lipinski definition) is 2. The van der Waals surface area contributed by atoms with Gasteiger partial charge in [-0.05, 0) is 25.5 Å². The van der Waals surface area contributed by atoms with E-state index in [0.717, 1.165) is 23.5 Å². The number of aryl methyl sites for hydroxylation is 1. The molecule has 5 heteroatoms. The van der Waals surface area contributed by atoms with Crippen LogP contribution in [0.5, 0.6) is 0 Å². The number of nitrogens with zero attached hydrogens (tertiary/aromatic N) is 2. The van der Waals surface area contributed by atoms with E-state index in [0.29, 0.717) is 11.5 Å². The predicted molar refractivity (Wildman–Crippen MR) is 69.8 cm³/mol. The Morgan fingerprint density at radius 2 is 2.31 bits per heavy atom. The first kappa shape index (κ1) is 12.9. The number of anilines is 1. The molecule has 1 aromatic heterocycles. The second kappa shape index (κ2) is 5.77. The average Bonchev–Trinajstić information content (AvgIpc) is 2.25. The molecule has 0 bridgehead atoms. The molecule has 1 rings (SSSR count). The summed E-state index contributed by atoms with van der Waals surface area (Å²) in [7, 11) is 0. The molecule has 0 fully saturated rings. The fourth-order valence-corrected chi connectivity index (χ4v) is 1.87. The van der Waals surface area contributed by atoms with Crippen molar-refractivity contribution in [3.8, 4) is 0 Å². The maximum absolute atomic E-state index is 8.99. The Morgan fingerprint density at radius 1 is 1.62 bits per heavy atom. The molecule has 4 nitrogen and oxygen atoms in total. The maximum atomic E-state index is 8.99. The first-order chi connectivity index (χ1) is 7.61. The van der Waals surface area contributed by atoms with Crippen LogP contribution in [-0.4, -0.2) is 34.8 Å². The van der Waals surface area contributed by atoms with Crippen LogP contribution in [0.4, 0.5) is 5.82 Å². The summed E-state index contributed by atoms with van der Waals surface area (Å²) < 4.78 is 0. The second-order valence-corrected chi connectivity index (χ2v) is 3.93. The van der Waals surface area contributed by atoms with Crippen LogP contribution in [0.1, 0.15) is 18.1 Å². The highest BCUT2D eigenvalue weighted by molar-refractivity contribution is 7.80. The van der Waals surface area contributed by atoms with Crippen molar-refractivity contribution < 1.29 is 5.11 Å². The third-order valence-corrected chi connectivity index (χ3v) is 2.64. The van der Waals surface area contributed by atoms with Gasteiger partial charge in [0.05, 0.1) is 12.2 Å². The Labute approximate surface area is 101 Å². The van der Waals surface area contributed by atoms with Crippen molar-refractivity contribution in [2.45, 2.75) is 13.8 Å². The second-order valence-electron chi connectivity index (χ2n) is 3.49. The molecular formula is C11H17N3OS. The van der Waals surface area contributed by atoms with Crippen LogP contribution < -0.4 is 10.6 Å². The van der Waals surface area contributed by atoms with Crippen LogP contribution >= 0.6 is 12.2 Å².